The van der Waals surface area contributed by atoms with Crippen molar-refractivity contribution >= 4 is 23.5 Å². The summed E-state index contributed by atoms with van der Waals surface area (Å²) in [5.41, 5.74) is 1.36. The molecule has 1 heterocycles. The van der Waals surface area contributed by atoms with Crippen molar-refractivity contribution in [3.05, 3.63) is 34.3 Å². The zero-order chi connectivity index (χ0) is 14.9. The number of likely N-dealkylation sites (tertiary alicyclic amines) is 1. The number of esters is 1. The molecule has 2 atom stereocenters. The Kier molecular flexibility index (Phi) is 4.33. The first-order valence-electron chi connectivity index (χ1n) is 6.58. The van der Waals surface area contributed by atoms with Gasteiger partial charge in [0.1, 0.15) is 0 Å². The molecule has 0 bridgehead atoms. The van der Waals surface area contributed by atoms with E-state index >= 15 is 0 Å². The minimum atomic E-state index is -0.261. The first-order chi connectivity index (χ1) is 9.45. The average Bonchev–Trinajstić information content (AvgIpc) is 2.82. The van der Waals surface area contributed by atoms with E-state index in [0.29, 0.717) is 23.7 Å². The molecule has 0 N–H and O–H groups in total. The lowest BCUT2D eigenvalue weighted by molar-refractivity contribution is -0.146. The third kappa shape index (κ3) is 2.66. The standard InChI is InChI=1S/C15H18ClNO3/c1-9-5-4-6-11(13(9)16)14(18)17-7-10(2)12(8-17)15(19)20-3/h4-6,10,12H,7-8H2,1-3H3. The number of hydrogen-bond acceptors (Lipinski definition) is 3. The number of rotatable bonds is 2. The zero-order valence-corrected chi connectivity index (χ0v) is 12.6. The summed E-state index contributed by atoms with van der Waals surface area (Å²) in [5, 5.41) is 0.478. The molecule has 2 unspecified atom stereocenters. The van der Waals surface area contributed by atoms with Gasteiger partial charge < -0.3 is 9.64 Å². The molecule has 0 aromatic heterocycles. The zero-order valence-electron chi connectivity index (χ0n) is 11.9. The third-order valence-corrected chi connectivity index (χ3v) is 4.33. The van der Waals surface area contributed by atoms with Crippen molar-refractivity contribution in [2.75, 3.05) is 20.2 Å². The van der Waals surface area contributed by atoms with Crippen LogP contribution in [0.5, 0.6) is 0 Å². The number of hydrogen-bond donors (Lipinski definition) is 0. The van der Waals surface area contributed by atoms with Gasteiger partial charge in [-0.1, -0.05) is 30.7 Å². The molecular formula is C15H18ClNO3. The summed E-state index contributed by atoms with van der Waals surface area (Å²) in [6, 6.07) is 5.39. The second-order valence-corrected chi connectivity index (χ2v) is 5.63. The number of carbonyl (C=O) groups excluding carboxylic acids is 2. The molecule has 20 heavy (non-hydrogen) atoms. The molecule has 4 nitrogen and oxygen atoms in total. The monoisotopic (exact) mass is 295 g/mol. The maximum atomic E-state index is 12.5. The first-order valence-corrected chi connectivity index (χ1v) is 6.95. The highest BCUT2D eigenvalue weighted by Crippen LogP contribution is 2.28. The fourth-order valence-corrected chi connectivity index (χ4v) is 2.78. The maximum Gasteiger partial charge on any atom is 0.310 e. The van der Waals surface area contributed by atoms with Crippen LogP contribution in [0.4, 0.5) is 0 Å². The molecule has 0 spiro atoms. The predicted molar refractivity (Wildman–Crippen MR) is 76.8 cm³/mol. The van der Waals surface area contributed by atoms with Crippen LogP contribution in [0, 0.1) is 18.8 Å². The van der Waals surface area contributed by atoms with Crippen molar-refractivity contribution < 1.29 is 14.3 Å². The fraction of sp³-hybridized carbons (Fsp3) is 0.467. The van der Waals surface area contributed by atoms with Crippen molar-refractivity contribution in [1.82, 2.24) is 4.90 Å². The molecule has 0 radical (unpaired) electrons. The summed E-state index contributed by atoms with van der Waals surface area (Å²) in [7, 11) is 1.37. The summed E-state index contributed by atoms with van der Waals surface area (Å²) in [5.74, 6) is -0.553. The SMILES string of the molecule is COC(=O)C1CN(C(=O)c2cccc(C)c2Cl)CC1C. The molecule has 108 valence electrons. The predicted octanol–water partition coefficient (Wildman–Crippen LogP) is 2.53. The number of methoxy groups -OCH3 is 1. The van der Waals surface area contributed by atoms with Crippen LogP contribution < -0.4 is 0 Å². The minimum Gasteiger partial charge on any atom is -0.469 e. The molecule has 1 aliphatic heterocycles. The first kappa shape index (κ1) is 14.9. The van der Waals surface area contributed by atoms with E-state index in [1.54, 1.807) is 11.0 Å². The average molecular weight is 296 g/mol. The van der Waals surface area contributed by atoms with Gasteiger partial charge >= 0.3 is 5.97 Å². The Balaban J connectivity index is 2.19. The largest absolute Gasteiger partial charge is 0.469 e. The molecule has 1 saturated heterocycles. The Morgan fingerprint density at radius 1 is 1.35 bits per heavy atom. The number of amides is 1. The smallest absolute Gasteiger partial charge is 0.310 e. The van der Waals surface area contributed by atoms with E-state index in [1.807, 2.05) is 26.0 Å². The highest BCUT2D eigenvalue weighted by Gasteiger charge is 2.38. The van der Waals surface area contributed by atoms with Gasteiger partial charge in [0.15, 0.2) is 0 Å². The number of nitrogens with zero attached hydrogens (tertiary/aromatic N) is 1. The molecule has 0 aliphatic carbocycles. The van der Waals surface area contributed by atoms with Crippen LogP contribution in [0.3, 0.4) is 0 Å². The third-order valence-electron chi connectivity index (χ3n) is 3.83. The van der Waals surface area contributed by atoms with Gasteiger partial charge in [-0.3, -0.25) is 9.59 Å². The topological polar surface area (TPSA) is 46.6 Å². The van der Waals surface area contributed by atoms with Crippen LogP contribution in [-0.4, -0.2) is 37.0 Å². The lowest BCUT2D eigenvalue weighted by Crippen LogP contribution is -2.30. The van der Waals surface area contributed by atoms with Gasteiger partial charge in [0.2, 0.25) is 0 Å². The quantitative estimate of drug-likeness (QED) is 0.788. The highest BCUT2D eigenvalue weighted by molar-refractivity contribution is 6.34. The Hall–Kier alpha value is -1.55. The number of halogens is 1. The lowest BCUT2D eigenvalue weighted by atomic mass is 9.99. The molecule has 5 heteroatoms. The van der Waals surface area contributed by atoms with Crippen LogP contribution in [0.25, 0.3) is 0 Å². The van der Waals surface area contributed by atoms with Crippen LogP contribution in [0.1, 0.15) is 22.8 Å². The number of benzene rings is 1. The maximum absolute atomic E-state index is 12.5. The summed E-state index contributed by atoms with van der Waals surface area (Å²) in [4.78, 5) is 25.8. The second kappa shape index (κ2) is 5.83. The summed E-state index contributed by atoms with van der Waals surface area (Å²) in [6.07, 6.45) is 0. The van der Waals surface area contributed by atoms with Crippen LogP contribution >= 0.6 is 11.6 Å². The van der Waals surface area contributed by atoms with Crippen molar-refractivity contribution in [2.45, 2.75) is 13.8 Å². The van der Waals surface area contributed by atoms with E-state index < -0.39 is 0 Å². The van der Waals surface area contributed by atoms with E-state index in [9.17, 15) is 9.59 Å². The fourth-order valence-electron chi connectivity index (χ4n) is 2.57. The van der Waals surface area contributed by atoms with E-state index in [2.05, 4.69) is 0 Å². The van der Waals surface area contributed by atoms with Crippen molar-refractivity contribution in [3.8, 4) is 0 Å². The van der Waals surface area contributed by atoms with Crippen LogP contribution in [0.2, 0.25) is 5.02 Å². The van der Waals surface area contributed by atoms with Crippen LogP contribution in [0.15, 0.2) is 18.2 Å². The van der Waals surface area contributed by atoms with Crippen molar-refractivity contribution in [2.24, 2.45) is 11.8 Å². The molecular weight excluding hydrogens is 278 g/mol. The lowest BCUT2D eigenvalue weighted by Gasteiger charge is -2.17. The van der Waals surface area contributed by atoms with Crippen LogP contribution in [-0.2, 0) is 9.53 Å². The van der Waals surface area contributed by atoms with Gasteiger partial charge in [0, 0.05) is 13.1 Å². The number of aryl methyl sites for hydroxylation is 1. The van der Waals surface area contributed by atoms with Crippen molar-refractivity contribution in [1.29, 1.82) is 0 Å². The molecule has 1 aromatic rings. The minimum absolute atomic E-state index is 0.0926. The number of ether oxygens (including phenoxy) is 1. The number of carbonyl (C=O) groups is 2. The van der Waals surface area contributed by atoms with Gasteiger partial charge in [0.05, 0.1) is 23.6 Å². The van der Waals surface area contributed by atoms with E-state index in [0.717, 1.165) is 5.56 Å². The van der Waals surface area contributed by atoms with E-state index in [1.165, 1.54) is 7.11 Å². The normalized spacial score (nSPS) is 21.9. The van der Waals surface area contributed by atoms with Crippen molar-refractivity contribution in [3.63, 3.8) is 0 Å². The van der Waals surface area contributed by atoms with E-state index in [4.69, 9.17) is 16.3 Å². The van der Waals surface area contributed by atoms with Gasteiger partial charge in [-0.2, -0.15) is 0 Å². The highest BCUT2D eigenvalue weighted by atomic mass is 35.5. The molecule has 0 saturated carbocycles. The Bertz CT molecular complexity index is 544. The molecule has 1 fully saturated rings. The van der Waals surface area contributed by atoms with Gasteiger partial charge in [0.25, 0.3) is 5.91 Å². The molecule has 1 aromatic carbocycles. The van der Waals surface area contributed by atoms with E-state index in [-0.39, 0.29) is 23.7 Å². The Morgan fingerprint density at radius 3 is 2.70 bits per heavy atom. The molecule has 1 aliphatic rings. The summed E-state index contributed by atoms with van der Waals surface area (Å²) < 4.78 is 4.78. The summed E-state index contributed by atoms with van der Waals surface area (Å²) >= 11 is 6.19. The van der Waals surface area contributed by atoms with Gasteiger partial charge in [-0.15, -0.1) is 0 Å². The van der Waals surface area contributed by atoms with Gasteiger partial charge in [-0.05, 0) is 24.5 Å². The summed E-state index contributed by atoms with van der Waals surface area (Å²) in [6.45, 7) is 4.75. The van der Waals surface area contributed by atoms with Gasteiger partial charge in [-0.25, -0.2) is 0 Å². The molecule has 2 rings (SSSR count). The second-order valence-electron chi connectivity index (χ2n) is 5.25. The Labute approximate surface area is 123 Å². The Morgan fingerprint density at radius 2 is 2.05 bits per heavy atom. The molecule has 1 amide bonds.